The Morgan fingerprint density at radius 1 is 1.07 bits per heavy atom. The van der Waals surface area contributed by atoms with E-state index in [2.05, 4.69) is 23.5 Å². The first-order valence-corrected chi connectivity index (χ1v) is 9.00. The van der Waals surface area contributed by atoms with Gasteiger partial charge in [-0.05, 0) is 34.1 Å². The fraction of sp³-hybridized carbons (Fsp3) is 0.174. The standard InChI is InChI=1S/C23H19NO3/c1-26-22(25)23(17-8-3-2-4-9-17)13-16-14-27-19-12-11-15-7-5-6-10-18(15)20(19)21(16)24-23/h2-13,21,24H,14H2,1H3/t21-,23+/m1/s1. The van der Waals surface area contributed by atoms with Gasteiger partial charge in [-0.3, -0.25) is 5.32 Å². The number of ether oxygens (including phenoxy) is 2. The highest BCUT2D eigenvalue weighted by molar-refractivity contribution is 5.91. The molecule has 0 aliphatic carbocycles. The van der Waals surface area contributed by atoms with Gasteiger partial charge < -0.3 is 9.47 Å². The summed E-state index contributed by atoms with van der Waals surface area (Å²) in [4.78, 5) is 12.9. The SMILES string of the molecule is COC(=O)[C@@]1(c2ccccc2)C=C2COc3ccc4ccccc4c3[C@@H]2N1. The van der Waals surface area contributed by atoms with Crippen LogP contribution in [-0.4, -0.2) is 19.7 Å². The Bertz CT molecular complexity index is 1070. The van der Waals surface area contributed by atoms with E-state index in [1.165, 1.54) is 7.11 Å². The number of carbonyl (C=O) groups is 1. The second-order valence-corrected chi connectivity index (χ2v) is 6.95. The van der Waals surface area contributed by atoms with Crippen LogP contribution < -0.4 is 10.1 Å². The Hall–Kier alpha value is -3.11. The average Bonchev–Trinajstić information content (AvgIpc) is 3.14. The highest BCUT2D eigenvalue weighted by Crippen LogP contribution is 2.47. The lowest BCUT2D eigenvalue weighted by molar-refractivity contribution is -0.146. The van der Waals surface area contributed by atoms with E-state index < -0.39 is 5.54 Å². The first-order valence-electron chi connectivity index (χ1n) is 9.00. The summed E-state index contributed by atoms with van der Waals surface area (Å²) < 4.78 is 11.2. The van der Waals surface area contributed by atoms with Crippen LogP contribution in [0, 0.1) is 0 Å². The summed E-state index contributed by atoms with van der Waals surface area (Å²) in [6, 6.07) is 21.9. The number of rotatable bonds is 2. The van der Waals surface area contributed by atoms with Gasteiger partial charge in [0.2, 0.25) is 0 Å². The molecule has 3 aromatic rings. The smallest absolute Gasteiger partial charge is 0.334 e. The lowest BCUT2D eigenvalue weighted by atomic mass is 9.90. The highest BCUT2D eigenvalue weighted by Gasteiger charge is 2.49. The van der Waals surface area contributed by atoms with Crippen LogP contribution in [0.1, 0.15) is 17.2 Å². The number of methoxy groups -OCH3 is 1. The molecule has 0 saturated carbocycles. The molecule has 3 aromatic carbocycles. The van der Waals surface area contributed by atoms with Crippen LogP contribution in [0.3, 0.4) is 0 Å². The molecule has 134 valence electrons. The summed E-state index contributed by atoms with van der Waals surface area (Å²) >= 11 is 0. The topological polar surface area (TPSA) is 47.6 Å². The van der Waals surface area contributed by atoms with Gasteiger partial charge in [0.25, 0.3) is 0 Å². The van der Waals surface area contributed by atoms with E-state index in [9.17, 15) is 4.79 Å². The summed E-state index contributed by atoms with van der Waals surface area (Å²) in [5.74, 6) is 0.537. The Labute approximate surface area is 157 Å². The molecule has 0 aromatic heterocycles. The number of benzene rings is 3. The van der Waals surface area contributed by atoms with E-state index in [1.54, 1.807) is 0 Å². The quantitative estimate of drug-likeness (QED) is 0.559. The third kappa shape index (κ3) is 2.30. The Kier molecular flexibility index (Phi) is 3.55. The fourth-order valence-electron chi connectivity index (χ4n) is 4.23. The summed E-state index contributed by atoms with van der Waals surface area (Å²) in [6.07, 6.45) is 1.98. The molecule has 0 fully saturated rings. The molecule has 2 aliphatic heterocycles. The van der Waals surface area contributed by atoms with Gasteiger partial charge in [-0.25, -0.2) is 4.79 Å². The minimum Gasteiger partial charge on any atom is -0.489 e. The van der Waals surface area contributed by atoms with Crippen molar-refractivity contribution in [1.82, 2.24) is 5.32 Å². The highest BCUT2D eigenvalue weighted by atomic mass is 16.5. The van der Waals surface area contributed by atoms with Gasteiger partial charge in [0.05, 0.1) is 13.2 Å². The first kappa shape index (κ1) is 16.1. The molecule has 4 nitrogen and oxygen atoms in total. The molecular weight excluding hydrogens is 338 g/mol. The van der Waals surface area contributed by atoms with Crippen molar-refractivity contribution in [3.05, 3.63) is 89.5 Å². The lowest BCUT2D eigenvalue weighted by Crippen LogP contribution is -2.46. The van der Waals surface area contributed by atoms with Gasteiger partial charge in [-0.2, -0.15) is 0 Å². The molecule has 0 saturated heterocycles. The largest absolute Gasteiger partial charge is 0.489 e. The van der Waals surface area contributed by atoms with Crippen molar-refractivity contribution in [3.63, 3.8) is 0 Å². The molecule has 4 heteroatoms. The maximum atomic E-state index is 12.9. The molecule has 27 heavy (non-hydrogen) atoms. The molecule has 0 radical (unpaired) electrons. The molecule has 2 aliphatic rings. The van der Waals surface area contributed by atoms with Crippen LogP contribution in [0.2, 0.25) is 0 Å². The van der Waals surface area contributed by atoms with Crippen molar-refractivity contribution in [3.8, 4) is 5.75 Å². The molecule has 0 amide bonds. The van der Waals surface area contributed by atoms with Crippen molar-refractivity contribution in [2.45, 2.75) is 11.6 Å². The Balaban J connectivity index is 1.70. The van der Waals surface area contributed by atoms with Crippen molar-refractivity contribution < 1.29 is 14.3 Å². The predicted molar refractivity (Wildman–Crippen MR) is 104 cm³/mol. The van der Waals surface area contributed by atoms with Crippen LogP contribution in [0.15, 0.2) is 78.4 Å². The molecule has 0 bridgehead atoms. The minimum atomic E-state index is -1.02. The number of hydrogen-bond acceptors (Lipinski definition) is 4. The van der Waals surface area contributed by atoms with Gasteiger partial charge in [-0.1, -0.05) is 60.7 Å². The van der Waals surface area contributed by atoms with Crippen molar-refractivity contribution >= 4 is 16.7 Å². The van der Waals surface area contributed by atoms with Crippen LogP contribution in [-0.2, 0) is 15.1 Å². The Morgan fingerprint density at radius 2 is 1.85 bits per heavy atom. The number of esters is 1. The van der Waals surface area contributed by atoms with Gasteiger partial charge >= 0.3 is 5.97 Å². The maximum absolute atomic E-state index is 12.9. The monoisotopic (exact) mass is 357 g/mol. The van der Waals surface area contributed by atoms with E-state index in [0.717, 1.165) is 33.2 Å². The van der Waals surface area contributed by atoms with Crippen LogP contribution in [0.25, 0.3) is 10.8 Å². The van der Waals surface area contributed by atoms with Crippen LogP contribution in [0.4, 0.5) is 0 Å². The zero-order valence-corrected chi connectivity index (χ0v) is 14.9. The average molecular weight is 357 g/mol. The number of carbonyl (C=O) groups excluding carboxylic acids is 1. The van der Waals surface area contributed by atoms with E-state index in [-0.39, 0.29) is 12.0 Å². The zero-order chi connectivity index (χ0) is 18.4. The molecule has 0 spiro atoms. The summed E-state index contributed by atoms with van der Waals surface area (Å²) in [5.41, 5.74) is 1.97. The normalized spacial score (nSPS) is 23.1. The van der Waals surface area contributed by atoms with Gasteiger partial charge in [0.1, 0.15) is 12.4 Å². The van der Waals surface area contributed by atoms with Crippen LogP contribution >= 0.6 is 0 Å². The number of fused-ring (bicyclic) bond motifs is 5. The third-order valence-electron chi connectivity index (χ3n) is 5.49. The lowest BCUT2D eigenvalue weighted by Gasteiger charge is -2.31. The maximum Gasteiger partial charge on any atom is 0.334 e. The summed E-state index contributed by atoms with van der Waals surface area (Å²) in [6.45, 7) is 0.453. The van der Waals surface area contributed by atoms with Crippen LogP contribution in [0.5, 0.6) is 5.75 Å². The zero-order valence-electron chi connectivity index (χ0n) is 14.9. The molecule has 0 unspecified atom stereocenters. The molecular formula is C23H19NO3. The summed E-state index contributed by atoms with van der Waals surface area (Å²) in [5, 5.41) is 5.86. The fourth-order valence-corrected chi connectivity index (χ4v) is 4.23. The molecule has 2 heterocycles. The predicted octanol–water partition coefficient (Wildman–Crippen LogP) is 3.87. The third-order valence-corrected chi connectivity index (χ3v) is 5.49. The molecule has 5 rings (SSSR count). The van der Waals surface area contributed by atoms with E-state index >= 15 is 0 Å². The summed E-state index contributed by atoms with van der Waals surface area (Å²) in [7, 11) is 1.43. The number of nitrogens with one attached hydrogen (secondary N) is 1. The second kappa shape index (κ2) is 5.96. The van der Waals surface area contributed by atoms with Gasteiger partial charge in [0, 0.05) is 5.56 Å². The van der Waals surface area contributed by atoms with Gasteiger partial charge in [-0.15, -0.1) is 0 Å². The second-order valence-electron chi connectivity index (χ2n) is 6.95. The van der Waals surface area contributed by atoms with E-state index in [0.29, 0.717) is 6.61 Å². The minimum absolute atomic E-state index is 0.0980. The van der Waals surface area contributed by atoms with Crippen molar-refractivity contribution in [2.75, 3.05) is 13.7 Å². The van der Waals surface area contributed by atoms with E-state index in [4.69, 9.17) is 9.47 Å². The van der Waals surface area contributed by atoms with E-state index in [1.807, 2.05) is 54.6 Å². The number of hydrogen-bond donors (Lipinski definition) is 1. The molecule has 2 atom stereocenters. The van der Waals surface area contributed by atoms with Gasteiger partial charge in [0.15, 0.2) is 5.54 Å². The Morgan fingerprint density at radius 3 is 2.67 bits per heavy atom. The molecule has 1 N–H and O–H groups in total. The van der Waals surface area contributed by atoms with Crippen molar-refractivity contribution in [2.24, 2.45) is 0 Å². The van der Waals surface area contributed by atoms with Crippen molar-refractivity contribution in [1.29, 1.82) is 0 Å². The first-order chi connectivity index (χ1) is 13.2.